The Morgan fingerprint density at radius 3 is 1.42 bits per heavy atom. The second kappa shape index (κ2) is 17.0. The van der Waals surface area contributed by atoms with Gasteiger partial charge in [0.05, 0.1) is 17.1 Å². The number of nitrogens with zero attached hydrogens (tertiary/aromatic N) is 2. The zero-order valence-electron chi connectivity index (χ0n) is 21.5. The van der Waals surface area contributed by atoms with Gasteiger partial charge in [0.25, 0.3) is 0 Å². The maximum absolute atomic E-state index is 5.08. The molecular formula is C30H44N2Pd. The second-order valence-corrected chi connectivity index (χ2v) is 8.98. The van der Waals surface area contributed by atoms with Crippen molar-refractivity contribution in [2.45, 2.75) is 105 Å². The summed E-state index contributed by atoms with van der Waals surface area (Å²) in [6.45, 7) is 11.2. The molecule has 0 atom stereocenters. The topological polar surface area (TPSA) is 24.7 Å². The minimum absolute atomic E-state index is 0. The van der Waals surface area contributed by atoms with Crippen LogP contribution < -0.4 is 0 Å². The van der Waals surface area contributed by atoms with E-state index in [4.69, 9.17) is 9.98 Å². The van der Waals surface area contributed by atoms with Crippen LogP contribution in [0, 0.1) is 0 Å². The quantitative estimate of drug-likeness (QED) is 0.169. The van der Waals surface area contributed by atoms with Crippen LogP contribution >= 0.6 is 0 Å². The molecule has 0 aromatic heterocycles. The third kappa shape index (κ3) is 10.9. The van der Waals surface area contributed by atoms with Crippen molar-refractivity contribution in [2.75, 3.05) is 0 Å². The zero-order chi connectivity index (χ0) is 23.2. The van der Waals surface area contributed by atoms with Crippen LogP contribution in [0.25, 0.3) is 0 Å². The Morgan fingerprint density at radius 2 is 1.03 bits per heavy atom. The van der Waals surface area contributed by atoms with Gasteiger partial charge >= 0.3 is 0 Å². The Balaban J connectivity index is 0.00000544. The summed E-state index contributed by atoms with van der Waals surface area (Å²) < 4.78 is 0. The van der Waals surface area contributed by atoms with E-state index in [-0.39, 0.29) is 20.4 Å². The summed E-state index contributed by atoms with van der Waals surface area (Å²) in [5, 5.41) is 0. The summed E-state index contributed by atoms with van der Waals surface area (Å²) in [5.41, 5.74) is 8.84. The Kier molecular flexibility index (Phi) is 15.2. The van der Waals surface area contributed by atoms with Crippen molar-refractivity contribution in [1.82, 2.24) is 0 Å². The molecule has 0 saturated carbocycles. The molecule has 0 amide bonds. The standard InChI is InChI=1S/C30H44N2.Pd/c1-6-11-16-28(32-30-21-26(14-9-4)18-27(22-30)15-10-5)23-31-29-19-24(12-7-2)17-25(20-29)13-8-3;/h17-23H,6-16H2,1-5H3;/b31-23+,32-28+;. The van der Waals surface area contributed by atoms with Gasteiger partial charge in [0.15, 0.2) is 0 Å². The van der Waals surface area contributed by atoms with Gasteiger partial charge in [-0.25, -0.2) is 0 Å². The van der Waals surface area contributed by atoms with Crippen LogP contribution in [0.5, 0.6) is 0 Å². The normalized spacial score (nSPS) is 11.7. The molecule has 2 aromatic rings. The van der Waals surface area contributed by atoms with E-state index in [1.165, 1.54) is 22.3 Å². The molecule has 0 unspecified atom stereocenters. The van der Waals surface area contributed by atoms with Gasteiger partial charge in [-0.1, -0.05) is 78.9 Å². The molecule has 3 heteroatoms. The first-order chi connectivity index (χ1) is 15.6. The molecule has 33 heavy (non-hydrogen) atoms. The van der Waals surface area contributed by atoms with Crippen molar-refractivity contribution in [3.05, 3.63) is 58.7 Å². The first-order valence-electron chi connectivity index (χ1n) is 13.0. The Labute approximate surface area is 217 Å². The van der Waals surface area contributed by atoms with Crippen molar-refractivity contribution in [3.8, 4) is 0 Å². The van der Waals surface area contributed by atoms with E-state index in [1.54, 1.807) is 0 Å². The molecule has 2 aromatic carbocycles. The van der Waals surface area contributed by atoms with E-state index in [1.807, 2.05) is 6.21 Å². The van der Waals surface area contributed by atoms with Crippen LogP contribution in [0.4, 0.5) is 11.4 Å². The predicted molar refractivity (Wildman–Crippen MR) is 144 cm³/mol. The molecular weight excluding hydrogens is 495 g/mol. The molecule has 2 rings (SSSR count). The molecule has 2 nitrogen and oxygen atoms in total. The average molecular weight is 539 g/mol. The SMILES string of the molecule is CCCCC(/C=N/c1cc(CCC)cc(CCC)c1)=N\c1cc(CCC)cc(CCC)c1.[Pd]. The van der Waals surface area contributed by atoms with Crippen LogP contribution in [-0.2, 0) is 46.1 Å². The molecule has 0 heterocycles. The van der Waals surface area contributed by atoms with E-state index in [2.05, 4.69) is 71.0 Å². The molecule has 0 aliphatic rings. The number of aliphatic imine (C=N–C) groups is 2. The molecule has 184 valence electrons. The summed E-state index contributed by atoms with van der Waals surface area (Å²) in [5.74, 6) is 0. The smallest absolute Gasteiger partial charge is 0.0639 e. The minimum atomic E-state index is 0. The molecule has 0 bridgehead atoms. The molecule has 0 N–H and O–H groups in total. The molecule has 0 fully saturated rings. The van der Waals surface area contributed by atoms with E-state index < -0.39 is 0 Å². The zero-order valence-corrected chi connectivity index (χ0v) is 23.1. The number of unbranched alkanes of at least 4 members (excludes halogenated alkanes) is 1. The maximum atomic E-state index is 5.08. The third-order valence-corrected chi connectivity index (χ3v) is 5.65. The number of hydrogen-bond acceptors (Lipinski definition) is 2. The van der Waals surface area contributed by atoms with Crippen molar-refractivity contribution < 1.29 is 20.4 Å². The van der Waals surface area contributed by atoms with Crippen LogP contribution in [0.15, 0.2) is 46.4 Å². The van der Waals surface area contributed by atoms with Gasteiger partial charge in [0.2, 0.25) is 0 Å². The van der Waals surface area contributed by atoms with E-state index in [9.17, 15) is 0 Å². The minimum Gasteiger partial charge on any atom is -0.255 e. The van der Waals surface area contributed by atoms with Crippen molar-refractivity contribution in [2.24, 2.45) is 9.98 Å². The van der Waals surface area contributed by atoms with Crippen LogP contribution in [0.2, 0.25) is 0 Å². The first-order valence-corrected chi connectivity index (χ1v) is 13.0. The van der Waals surface area contributed by atoms with E-state index in [0.717, 1.165) is 87.7 Å². The molecule has 0 aliphatic heterocycles. The third-order valence-electron chi connectivity index (χ3n) is 5.65. The van der Waals surface area contributed by atoms with Gasteiger partial charge in [-0.2, -0.15) is 0 Å². The summed E-state index contributed by atoms with van der Waals surface area (Å²) >= 11 is 0. The maximum Gasteiger partial charge on any atom is 0.0639 e. The first kappa shape index (κ1) is 29.5. The predicted octanol–water partition coefficient (Wildman–Crippen LogP) is 9.16. The van der Waals surface area contributed by atoms with Crippen LogP contribution in [0.1, 0.15) is 102 Å². The monoisotopic (exact) mass is 538 g/mol. The van der Waals surface area contributed by atoms with Crippen molar-refractivity contribution >= 4 is 23.3 Å². The van der Waals surface area contributed by atoms with Gasteiger partial charge in [-0.05, 0) is 85.0 Å². The summed E-state index contributed by atoms with van der Waals surface area (Å²) in [6.07, 6.45) is 14.4. The summed E-state index contributed by atoms with van der Waals surface area (Å²) in [4.78, 5) is 9.99. The summed E-state index contributed by atoms with van der Waals surface area (Å²) in [7, 11) is 0. The fourth-order valence-corrected chi connectivity index (χ4v) is 4.18. The van der Waals surface area contributed by atoms with Crippen molar-refractivity contribution in [1.29, 1.82) is 0 Å². The van der Waals surface area contributed by atoms with Crippen LogP contribution in [-0.4, -0.2) is 11.9 Å². The summed E-state index contributed by atoms with van der Waals surface area (Å²) in [6, 6.07) is 13.7. The molecule has 0 aliphatic carbocycles. The van der Waals surface area contributed by atoms with Crippen LogP contribution in [0.3, 0.4) is 0 Å². The largest absolute Gasteiger partial charge is 0.255 e. The van der Waals surface area contributed by atoms with Crippen molar-refractivity contribution in [3.63, 3.8) is 0 Å². The van der Waals surface area contributed by atoms with E-state index in [0.29, 0.717) is 0 Å². The molecule has 0 saturated heterocycles. The second-order valence-electron chi connectivity index (χ2n) is 8.98. The Bertz CT molecular complexity index is 834. The van der Waals surface area contributed by atoms with Gasteiger partial charge in [0.1, 0.15) is 0 Å². The Morgan fingerprint density at radius 1 is 0.606 bits per heavy atom. The number of aryl methyl sites for hydroxylation is 4. The van der Waals surface area contributed by atoms with Gasteiger partial charge in [0, 0.05) is 26.6 Å². The molecule has 0 spiro atoms. The van der Waals surface area contributed by atoms with Gasteiger partial charge in [-0.3, -0.25) is 9.98 Å². The fraction of sp³-hybridized carbons (Fsp3) is 0.533. The van der Waals surface area contributed by atoms with Gasteiger partial charge in [-0.15, -0.1) is 0 Å². The van der Waals surface area contributed by atoms with Gasteiger partial charge < -0.3 is 0 Å². The molecule has 0 radical (unpaired) electrons. The number of rotatable bonds is 14. The number of hydrogen-bond donors (Lipinski definition) is 0. The van der Waals surface area contributed by atoms with E-state index >= 15 is 0 Å². The average Bonchev–Trinajstić information content (AvgIpc) is 2.76. The Hall–Kier alpha value is -1.56. The number of benzene rings is 2. The fourth-order valence-electron chi connectivity index (χ4n) is 4.18.